The van der Waals surface area contributed by atoms with Crippen molar-refractivity contribution in [3.8, 4) is 0 Å². The third-order valence-corrected chi connectivity index (χ3v) is 2.08. The van der Waals surface area contributed by atoms with Crippen LogP contribution < -0.4 is 5.73 Å². The number of hydrogen-bond donors (Lipinski definition) is 1. The van der Waals surface area contributed by atoms with Gasteiger partial charge in [-0.3, -0.25) is 0 Å². The van der Waals surface area contributed by atoms with Crippen molar-refractivity contribution >= 4 is 11.9 Å². The van der Waals surface area contributed by atoms with Crippen molar-refractivity contribution < 1.29 is 19.1 Å². The van der Waals surface area contributed by atoms with Gasteiger partial charge >= 0.3 is 11.9 Å². The second-order valence-electron chi connectivity index (χ2n) is 4.06. The Hall–Kier alpha value is -1.88. The second kappa shape index (κ2) is 6.76. The molecule has 0 aliphatic heterocycles. The van der Waals surface area contributed by atoms with E-state index in [9.17, 15) is 9.59 Å². The second-order valence-corrected chi connectivity index (χ2v) is 4.06. The summed E-state index contributed by atoms with van der Waals surface area (Å²) in [6.07, 6.45) is -0.314. The molecule has 0 saturated heterocycles. The molecule has 98 valence electrons. The van der Waals surface area contributed by atoms with Crippen molar-refractivity contribution in [3.63, 3.8) is 0 Å². The zero-order chi connectivity index (χ0) is 13.5. The number of rotatable bonds is 5. The minimum atomic E-state index is -1.39. The van der Waals surface area contributed by atoms with Crippen molar-refractivity contribution in [2.24, 2.45) is 5.73 Å². The number of hydrogen-bond acceptors (Lipinski definition) is 5. The van der Waals surface area contributed by atoms with E-state index in [1.165, 1.54) is 0 Å². The summed E-state index contributed by atoms with van der Waals surface area (Å²) >= 11 is 0. The molecule has 0 bridgehead atoms. The standard InChI is InChI=1S/C13H17NO4/c1-9(2)18-13(16)11(14)12(15)17-8-10-6-4-3-5-7-10/h3-7,9,11H,8,14H2,1-2H3. The first-order valence-electron chi connectivity index (χ1n) is 5.67. The third-order valence-electron chi connectivity index (χ3n) is 2.08. The highest BCUT2D eigenvalue weighted by molar-refractivity contribution is 5.98. The van der Waals surface area contributed by atoms with Crippen LogP contribution in [-0.4, -0.2) is 24.1 Å². The summed E-state index contributed by atoms with van der Waals surface area (Å²) in [6.45, 7) is 3.45. The Morgan fingerprint density at radius 2 is 1.78 bits per heavy atom. The molecule has 2 N–H and O–H groups in total. The monoisotopic (exact) mass is 251 g/mol. The van der Waals surface area contributed by atoms with Crippen LogP contribution in [0.3, 0.4) is 0 Å². The predicted molar refractivity (Wildman–Crippen MR) is 65.4 cm³/mol. The van der Waals surface area contributed by atoms with E-state index in [1.54, 1.807) is 13.8 Å². The minimum absolute atomic E-state index is 0.0856. The van der Waals surface area contributed by atoms with E-state index in [1.807, 2.05) is 30.3 Å². The van der Waals surface area contributed by atoms with Gasteiger partial charge in [-0.2, -0.15) is 0 Å². The molecule has 5 nitrogen and oxygen atoms in total. The lowest BCUT2D eigenvalue weighted by Crippen LogP contribution is -2.42. The Bertz CT molecular complexity index is 403. The first kappa shape index (κ1) is 14.2. The highest BCUT2D eigenvalue weighted by Crippen LogP contribution is 2.02. The number of carbonyl (C=O) groups excluding carboxylic acids is 2. The molecule has 0 radical (unpaired) electrons. The quantitative estimate of drug-likeness (QED) is 0.624. The number of benzene rings is 1. The molecule has 0 aliphatic rings. The molecule has 0 amide bonds. The molecule has 5 heteroatoms. The molecule has 0 saturated carbocycles. The molecule has 1 aromatic carbocycles. The lowest BCUT2D eigenvalue weighted by atomic mass is 10.2. The molecular formula is C13H17NO4. The van der Waals surface area contributed by atoms with Gasteiger partial charge in [0, 0.05) is 0 Å². The highest BCUT2D eigenvalue weighted by Gasteiger charge is 2.26. The zero-order valence-electron chi connectivity index (χ0n) is 10.5. The van der Waals surface area contributed by atoms with Gasteiger partial charge in [-0.1, -0.05) is 30.3 Å². The van der Waals surface area contributed by atoms with Gasteiger partial charge in [0.1, 0.15) is 6.61 Å². The molecule has 18 heavy (non-hydrogen) atoms. The topological polar surface area (TPSA) is 78.6 Å². The van der Waals surface area contributed by atoms with Gasteiger partial charge < -0.3 is 15.2 Å². The SMILES string of the molecule is CC(C)OC(=O)C(N)C(=O)OCc1ccccc1. The minimum Gasteiger partial charge on any atom is -0.461 e. The van der Waals surface area contributed by atoms with E-state index >= 15 is 0 Å². The maximum Gasteiger partial charge on any atom is 0.334 e. The normalized spacial score (nSPS) is 12.0. The molecule has 1 unspecified atom stereocenters. The Morgan fingerprint density at radius 1 is 1.17 bits per heavy atom. The van der Waals surface area contributed by atoms with Gasteiger partial charge in [-0.05, 0) is 19.4 Å². The summed E-state index contributed by atoms with van der Waals surface area (Å²) in [5, 5.41) is 0. The molecule has 0 aliphatic carbocycles. The molecule has 0 spiro atoms. The summed E-state index contributed by atoms with van der Waals surface area (Å²) in [5.41, 5.74) is 6.25. The van der Waals surface area contributed by atoms with Crippen LogP contribution in [-0.2, 0) is 25.7 Å². The molecule has 0 fully saturated rings. The first-order valence-corrected chi connectivity index (χ1v) is 5.67. The molecule has 0 aromatic heterocycles. The average Bonchev–Trinajstić information content (AvgIpc) is 2.35. The Balaban J connectivity index is 2.43. The van der Waals surface area contributed by atoms with Gasteiger partial charge in [0.2, 0.25) is 6.04 Å². The fraction of sp³-hybridized carbons (Fsp3) is 0.385. The lowest BCUT2D eigenvalue weighted by Gasteiger charge is -2.13. The molecule has 1 rings (SSSR count). The van der Waals surface area contributed by atoms with Crippen molar-refractivity contribution in [2.75, 3.05) is 0 Å². The van der Waals surface area contributed by atoms with Gasteiger partial charge in [0.15, 0.2) is 0 Å². The Morgan fingerprint density at radius 3 is 2.33 bits per heavy atom. The smallest absolute Gasteiger partial charge is 0.334 e. The van der Waals surface area contributed by atoms with E-state index in [0.717, 1.165) is 5.56 Å². The van der Waals surface area contributed by atoms with Crippen molar-refractivity contribution in [3.05, 3.63) is 35.9 Å². The van der Waals surface area contributed by atoms with Crippen LogP contribution in [0.4, 0.5) is 0 Å². The largest absolute Gasteiger partial charge is 0.461 e. The van der Waals surface area contributed by atoms with Crippen LogP contribution in [0.1, 0.15) is 19.4 Å². The van der Waals surface area contributed by atoms with E-state index in [2.05, 4.69) is 0 Å². The molecular weight excluding hydrogens is 234 g/mol. The van der Waals surface area contributed by atoms with Crippen LogP contribution >= 0.6 is 0 Å². The fourth-order valence-corrected chi connectivity index (χ4v) is 1.22. The van der Waals surface area contributed by atoms with Gasteiger partial charge in [0.05, 0.1) is 6.10 Å². The summed E-state index contributed by atoms with van der Waals surface area (Å²) in [6, 6.07) is 7.75. The van der Waals surface area contributed by atoms with E-state index in [0.29, 0.717) is 0 Å². The van der Waals surface area contributed by atoms with Crippen molar-refractivity contribution in [1.82, 2.24) is 0 Å². The summed E-state index contributed by atoms with van der Waals surface area (Å²) < 4.78 is 9.75. The zero-order valence-corrected chi connectivity index (χ0v) is 10.5. The van der Waals surface area contributed by atoms with Gasteiger partial charge in [-0.25, -0.2) is 9.59 Å². The fourth-order valence-electron chi connectivity index (χ4n) is 1.22. The number of ether oxygens (including phenoxy) is 2. The molecule has 1 atom stereocenters. The number of carbonyl (C=O) groups is 2. The highest BCUT2D eigenvalue weighted by atomic mass is 16.6. The van der Waals surface area contributed by atoms with Crippen LogP contribution in [0.25, 0.3) is 0 Å². The van der Waals surface area contributed by atoms with Gasteiger partial charge in [0.25, 0.3) is 0 Å². The molecule has 0 heterocycles. The number of nitrogens with two attached hydrogens (primary N) is 1. The maximum atomic E-state index is 11.5. The van der Waals surface area contributed by atoms with Crippen molar-refractivity contribution in [1.29, 1.82) is 0 Å². The number of esters is 2. The first-order chi connectivity index (χ1) is 8.50. The third kappa shape index (κ3) is 4.55. The van der Waals surface area contributed by atoms with Crippen LogP contribution in [0.2, 0.25) is 0 Å². The average molecular weight is 251 g/mol. The van der Waals surface area contributed by atoms with Crippen LogP contribution in [0.5, 0.6) is 0 Å². The Kier molecular flexibility index (Phi) is 5.32. The van der Waals surface area contributed by atoms with Gasteiger partial charge in [-0.15, -0.1) is 0 Å². The predicted octanol–water partition coefficient (Wildman–Crippen LogP) is 1.01. The summed E-state index contributed by atoms with van der Waals surface area (Å²) in [5.74, 6) is -1.56. The summed E-state index contributed by atoms with van der Waals surface area (Å²) in [4.78, 5) is 22.8. The van der Waals surface area contributed by atoms with E-state index < -0.39 is 18.0 Å². The summed E-state index contributed by atoms with van der Waals surface area (Å²) in [7, 11) is 0. The lowest BCUT2D eigenvalue weighted by molar-refractivity contribution is -0.159. The van der Waals surface area contributed by atoms with Crippen LogP contribution in [0, 0.1) is 0 Å². The van der Waals surface area contributed by atoms with Crippen LogP contribution in [0.15, 0.2) is 30.3 Å². The van der Waals surface area contributed by atoms with E-state index in [-0.39, 0.29) is 12.7 Å². The Labute approximate surface area is 106 Å². The van der Waals surface area contributed by atoms with Crippen molar-refractivity contribution in [2.45, 2.75) is 32.6 Å². The maximum absolute atomic E-state index is 11.5. The van der Waals surface area contributed by atoms with E-state index in [4.69, 9.17) is 15.2 Å². The molecule has 1 aromatic rings.